The second-order valence-electron chi connectivity index (χ2n) is 5.47. The molecule has 0 saturated carbocycles. The van der Waals surface area contributed by atoms with E-state index in [9.17, 15) is 9.59 Å². The first-order valence-electron chi connectivity index (χ1n) is 7.64. The third-order valence-corrected chi connectivity index (χ3v) is 5.14. The van der Waals surface area contributed by atoms with Crippen molar-refractivity contribution in [1.29, 1.82) is 0 Å². The Morgan fingerprint density at radius 2 is 2.12 bits per heavy atom. The lowest BCUT2D eigenvalue weighted by molar-refractivity contribution is -0.120. The second-order valence-corrected chi connectivity index (χ2v) is 7.31. The zero-order chi connectivity index (χ0) is 17.8. The predicted molar refractivity (Wildman–Crippen MR) is 98.7 cm³/mol. The molecule has 1 atom stereocenters. The van der Waals surface area contributed by atoms with Gasteiger partial charge in [-0.2, -0.15) is 0 Å². The van der Waals surface area contributed by atoms with E-state index < -0.39 is 0 Å². The fraction of sp³-hybridized carbons (Fsp3) is 0.235. The van der Waals surface area contributed by atoms with Crippen LogP contribution in [0.15, 0.2) is 39.4 Å². The number of hydrogen-bond donors (Lipinski definition) is 2. The molecular weight excluding hydrogens is 358 g/mol. The van der Waals surface area contributed by atoms with E-state index in [1.807, 2.05) is 41.9 Å². The number of thiophene rings is 1. The number of aryl methyl sites for hydroxylation is 1. The molecule has 2 amide bonds. The summed E-state index contributed by atoms with van der Waals surface area (Å²) in [6, 6.07) is 7.17. The monoisotopic (exact) mass is 375 g/mol. The topological polar surface area (TPSA) is 84.2 Å². The third kappa shape index (κ3) is 4.55. The fourth-order valence-electron chi connectivity index (χ4n) is 2.33. The molecule has 0 aliphatic rings. The van der Waals surface area contributed by atoms with E-state index >= 15 is 0 Å². The van der Waals surface area contributed by atoms with Crippen molar-refractivity contribution in [3.8, 4) is 11.5 Å². The molecule has 6 nitrogen and oxygen atoms in total. The van der Waals surface area contributed by atoms with Gasteiger partial charge in [0.1, 0.15) is 11.5 Å². The highest BCUT2D eigenvalue weighted by Gasteiger charge is 2.19. The third-order valence-electron chi connectivity index (χ3n) is 3.40. The molecule has 3 rings (SSSR count). The van der Waals surface area contributed by atoms with Crippen LogP contribution in [0.2, 0.25) is 0 Å². The van der Waals surface area contributed by atoms with Gasteiger partial charge in [-0.05, 0) is 30.5 Å². The summed E-state index contributed by atoms with van der Waals surface area (Å²) in [5.74, 6) is 1.10. The molecule has 0 bridgehead atoms. The quantitative estimate of drug-likeness (QED) is 0.682. The van der Waals surface area contributed by atoms with Gasteiger partial charge in [0.2, 0.25) is 11.8 Å². The highest BCUT2D eigenvalue weighted by Crippen LogP contribution is 2.27. The Morgan fingerprint density at radius 3 is 2.76 bits per heavy atom. The van der Waals surface area contributed by atoms with E-state index in [4.69, 9.17) is 4.42 Å². The molecule has 0 aromatic carbocycles. The molecule has 3 aromatic rings. The Balaban J connectivity index is 1.65. The molecule has 25 heavy (non-hydrogen) atoms. The number of carbonyl (C=O) groups is 2. The van der Waals surface area contributed by atoms with Crippen LogP contribution in [0.25, 0.3) is 11.5 Å². The Bertz CT molecular complexity index is 867. The van der Waals surface area contributed by atoms with Crippen molar-refractivity contribution in [3.63, 3.8) is 0 Å². The Morgan fingerprint density at radius 1 is 1.28 bits per heavy atom. The Labute approximate surface area is 152 Å². The minimum atomic E-state index is -0.343. The molecule has 1 unspecified atom stereocenters. The van der Waals surface area contributed by atoms with Crippen molar-refractivity contribution in [2.75, 3.05) is 5.32 Å². The van der Waals surface area contributed by atoms with Gasteiger partial charge in [0.05, 0.1) is 12.5 Å². The van der Waals surface area contributed by atoms with Crippen LogP contribution < -0.4 is 10.6 Å². The minimum absolute atomic E-state index is 0.148. The summed E-state index contributed by atoms with van der Waals surface area (Å²) in [7, 11) is 0. The van der Waals surface area contributed by atoms with Gasteiger partial charge in [-0.25, -0.2) is 4.98 Å². The van der Waals surface area contributed by atoms with Gasteiger partial charge in [-0.15, -0.1) is 22.7 Å². The van der Waals surface area contributed by atoms with Crippen molar-refractivity contribution in [2.24, 2.45) is 0 Å². The molecule has 0 saturated heterocycles. The molecule has 0 spiro atoms. The van der Waals surface area contributed by atoms with Crippen LogP contribution in [0.3, 0.4) is 0 Å². The highest BCUT2D eigenvalue weighted by molar-refractivity contribution is 7.14. The maximum atomic E-state index is 12.3. The molecule has 0 aliphatic carbocycles. The zero-order valence-electron chi connectivity index (χ0n) is 13.7. The molecule has 0 radical (unpaired) electrons. The lowest BCUT2D eigenvalue weighted by atomic mass is 10.1. The molecule has 0 fully saturated rings. The summed E-state index contributed by atoms with van der Waals surface area (Å²) >= 11 is 2.84. The average Bonchev–Trinajstić information content (AvgIpc) is 3.26. The standard InChI is InChI=1S/C17H17N3O3S2/c1-10-5-6-14(23-10)13-9-25-17(19-13)20-16(22)8-12(18-11(2)21)15-4-3-7-24-15/h3-7,9,12H,8H2,1-2H3,(H,18,21)(H,19,20,22). The SMILES string of the molecule is CC(=O)NC(CC(=O)Nc1nc(-c2ccc(C)o2)cs1)c1cccs1. The number of nitrogens with zero attached hydrogens (tertiary/aromatic N) is 1. The van der Waals surface area contributed by atoms with Crippen molar-refractivity contribution >= 4 is 39.6 Å². The van der Waals surface area contributed by atoms with Crippen LogP contribution in [0.1, 0.15) is 30.0 Å². The van der Waals surface area contributed by atoms with E-state index in [2.05, 4.69) is 15.6 Å². The van der Waals surface area contributed by atoms with Gasteiger partial charge in [0, 0.05) is 17.2 Å². The first kappa shape index (κ1) is 17.4. The number of carbonyl (C=O) groups excluding carboxylic acids is 2. The average molecular weight is 375 g/mol. The number of thiazole rings is 1. The van der Waals surface area contributed by atoms with Crippen molar-refractivity contribution in [2.45, 2.75) is 26.3 Å². The van der Waals surface area contributed by atoms with Crippen LogP contribution in [0.4, 0.5) is 5.13 Å². The number of anilines is 1. The van der Waals surface area contributed by atoms with Gasteiger partial charge in [0.25, 0.3) is 0 Å². The van der Waals surface area contributed by atoms with Crippen molar-refractivity contribution in [3.05, 3.63) is 45.7 Å². The Kier molecular flexibility index (Phi) is 5.30. The number of furan rings is 1. The largest absolute Gasteiger partial charge is 0.460 e. The second kappa shape index (κ2) is 7.62. The van der Waals surface area contributed by atoms with Gasteiger partial charge in [-0.1, -0.05) is 6.07 Å². The normalized spacial score (nSPS) is 11.9. The van der Waals surface area contributed by atoms with E-state index in [0.29, 0.717) is 16.6 Å². The van der Waals surface area contributed by atoms with Gasteiger partial charge in [-0.3, -0.25) is 9.59 Å². The Hall–Kier alpha value is -2.45. The number of amides is 2. The molecule has 130 valence electrons. The molecule has 2 N–H and O–H groups in total. The fourth-order valence-corrected chi connectivity index (χ4v) is 3.82. The van der Waals surface area contributed by atoms with Crippen LogP contribution in [-0.2, 0) is 9.59 Å². The van der Waals surface area contributed by atoms with Gasteiger partial charge >= 0.3 is 0 Å². The van der Waals surface area contributed by atoms with Crippen molar-refractivity contribution in [1.82, 2.24) is 10.3 Å². The minimum Gasteiger partial charge on any atom is -0.460 e. The molecule has 0 aliphatic heterocycles. The lowest BCUT2D eigenvalue weighted by Gasteiger charge is -2.15. The van der Waals surface area contributed by atoms with E-state index in [1.165, 1.54) is 29.6 Å². The smallest absolute Gasteiger partial charge is 0.228 e. The van der Waals surface area contributed by atoms with Gasteiger partial charge < -0.3 is 15.1 Å². The number of hydrogen-bond acceptors (Lipinski definition) is 6. The van der Waals surface area contributed by atoms with E-state index in [-0.39, 0.29) is 24.3 Å². The van der Waals surface area contributed by atoms with Crippen LogP contribution in [0, 0.1) is 6.92 Å². The highest BCUT2D eigenvalue weighted by atomic mass is 32.1. The van der Waals surface area contributed by atoms with E-state index in [1.54, 1.807) is 0 Å². The van der Waals surface area contributed by atoms with Crippen molar-refractivity contribution < 1.29 is 14.0 Å². The van der Waals surface area contributed by atoms with Crippen LogP contribution in [-0.4, -0.2) is 16.8 Å². The predicted octanol–water partition coefficient (Wildman–Crippen LogP) is 3.98. The summed E-state index contributed by atoms with van der Waals surface area (Å²) in [6.07, 6.45) is 0.148. The first-order chi connectivity index (χ1) is 12.0. The van der Waals surface area contributed by atoms with E-state index in [0.717, 1.165) is 10.6 Å². The lowest BCUT2D eigenvalue weighted by Crippen LogP contribution is -2.29. The number of aromatic nitrogens is 1. The molecule has 3 aromatic heterocycles. The summed E-state index contributed by atoms with van der Waals surface area (Å²) in [4.78, 5) is 29.0. The maximum Gasteiger partial charge on any atom is 0.228 e. The van der Waals surface area contributed by atoms with Crippen LogP contribution >= 0.6 is 22.7 Å². The van der Waals surface area contributed by atoms with Crippen LogP contribution in [0.5, 0.6) is 0 Å². The summed E-state index contributed by atoms with van der Waals surface area (Å²) < 4.78 is 5.53. The van der Waals surface area contributed by atoms with Gasteiger partial charge in [0.15, 0.2) is 10.9 Å². The summed E-state index contributed by atoms with van der Waals surface area (Å²) in [5, 5.41) is 9.85. The summed E-state index contributed by atoms with van der Waals surface area (Å²) in [6.45, 7) is 3.31. The molecular formula is C17H17N3O3S2. The molecule has 3 heterocycles. The summed E-state index contributed by atoms with van der Waals surface area (Å²) in [5.41, 5.74) is 0.685. The number of rotatable bonds is 6. The number of nitrogens with one attached hydrogen (secondary N) is 2. The first-order valence-corrected chi connectivity index (χ1v) is 9.40. The zero-order valence-corrected chi connectivity index (χ0v) is 15.4. The molecule has 8 heteroatoms. The maximum absolute atomic E-state index is 12.3.